The molecule has 0 saturated heterocycles. The van der Waals surface area contributed by atoms with Crippen molar-refractivity contribution in [2.24, 2.45) is 5.10 Å². The first kappa shape index (κ1) is 23.5. The zero-order chi connectivity index (χ0) is 24.4. The van der Waals surface area contributed by atoms with Gasteiger partial charge in [0.1, 0.15) is 5.76 Å². The van der Waals surface area contributed by atoms with Gasteiger partial charge in [-0.2, -0.15) is 5.10 Å². The van der Waals surface area contributed by atoms with Crippen molar-refractivity contribution in [1.82, 2.24) is 5.43 Å². The first-order chi connectivity index (χ1) is 16.3. The second-order valence-electron chi connectivity index (χ2n) is 7.57. The predicted molar refractivity (Wildman–Crippen MR) is 128 cm³/mol. The first-order valence-electron chi connectivity index (χ1n) is 10.3. The number of furan rings is 1. The van der Waals surface area contributed by atoms with E-state index in [0.717, 1.165) is 6.42 Å². The first-order valence-corrected chi connectivity index (χ1v) is 11.0. The Labute approximate surface area is 203 Å². The summed E-state index contributed by atoms with van der Waals surface area (Å²) in [4.78, 5) is 35.6. The number of non-ortho nitro benzene ring substituents is 1. The van der Waals surface area contributed by atoms with Gasteiger partial charge < -0.3 is 9.73 Å². The highest BCUT2D eigenvalue weighted by Crippen LogP contribution is 2.33. The molecule has 1 heterocycles. The molecule has 4 rings (SSSR count). The number of anilines is 1. The predicted octanol–water partition coefficient (Wildman–Crippen LogP) is 5.53. The lowest BCUT2D eigenvalue weighted by Crippen LogP contribution is -2.22. The Hall–Kier alpha value is -3.69. The van der Waals surface area contributed by atoms with Gasteiger partial charge >= 0.3 is 0 Å². The molecule has 0 fully saturated rings. The van der Waals surface area contributed by atoms with Gasteiger partial charge in [0.05, 0.1) is 26.4 Å². The number of amides is 2. The van der Waals surface area contributed by atoms with E-state index in [1.54, 1.807) is 25.1 Å². The second kappa shape index (κ2) is 9.66. The van der Waals surface area contributed by atoms with E-state index in [1.165, 1.54) is 24.3 Å². The van der Waals surface area contributed by atoms with Crippen LogP contribution in [0.2, 0.25) is 10.0 Å². The molecule has 174 valence electrons. The number of hydrogen-bond acceptors (Lipinski definition) is 6. The number of aryl methyl sites for hydroxylation is 1. The molecule has 1 aliphatic rings. The maximum absolute atomic E-state index is 12.9. The molecule has 1 aromatic heterocycles. The fraction of sp³-hybridized carbons (Fsp3) is 0.174. The number of nitrogens with one attached hydrogen (secondary N) is 2. The molecule has 2 aromatic carbocycles. The summed E-state index contributed by atoms with van der Waals surface area (Å²) < 4.78 is 5.85. The Balaban J connectivity index is 1.55. The highest BCUT2D eigenvalue weighted by Gasteiger charge is 2.28. The summed E-state index contributed by atoms with van der Waals surface area (Å²) in [6.45, 7) is 1.75. The quantitative estimate of drug-likeness (QED) is 0.351. The van der Waals surface area contributed by atoms with Crippen LogP contribution in [-0.2, 0) is 6.42 Å². The Morgan fingerprint density at radius 1 is 1.09 bits per heavy atom. The number of carbonyl (C=O) groups is 2. The summed E-state index contributed by atoms with van der Waals surface area (Å²) in [5.41, 5.74) is 4.81. The van der Waals surface area contributed by atoms with Crippen LogP contribution >= 0.6 is 23.2 Å². The maximum atomic E-state index is 12.9. The summed E-state index contributed by atoms with van der Waals surface area (Å²) in [5, 5.41) is 18.3. The highest BCUT2D eigenvalue weighted by molar-refractivity contribution is 6.44. The van der Waals surface area contributed by atoms with Gasteiger partial charge in [-0.15, -0.1) is 0 Å². The minimum atomic E-state index is -0.540. The van der Waals surface area contributed by atoms with Gasteiger partial charge in [-0.25, -0.2) is 5.43 Å². The van der Waals surface area contributed by atoms with Gasteiger partial charge in [-0.3, -0.25) is 19.7 Å². The molecule has 0 atom stereocenters. The van der Waals surface area contributed by atoms with E-state index in [-0.39, 0.29) is 22.0 Å². The second-order valence-corrected chi connectivity index (χ2v) is 8.35. The molecule has 34 heavy (non-hydrogen) atoms. The Kier molecular flexibility index (Phi) is 6.67. The summed E-state index contributed by atoms with van der Waals surface area (Å²) in [6, 6.07) is 10.1. The average Bonchev–Trinajstić information content (AvgIpc) is 3.17. The molecule has 3 aromatic rings. The third kappa shape index (κ3) is 4.66. The number of fused-ring (bicyclic) bond motifs is 1. The Morgan fingerprint density at radius 2 is 1.82 bits per heavy atom. The normalized spacial score (nSPS) is 13.9. The molecular weight excluding hydrogens is 483 g/mol. The van der Waals surface area contributed by atoms with Crippen LogP contribution in [0.1, 0.15) is 50.6 Å². The van der Waals surface area contributed by atoms with Gasteiger partial charge in [0.15, 0.2) is 5.76 Å². The summed E-state index contributed by atoms with van der Waals surface area (Å²) in [6.07, 6.45) is 1.93. The average molecular weight is 501 g/mol. The zero-order valence-corrected chi connectivity index (χ0v) is 19.4. The van der Waals surface area contributed by atoms with Crippen molar-refractivity contribution in [2.45, 2.75) is 26.2 Å². The monoisotopic (exact) mass is 500 g/mol. The maximum Gasteiger partial charge on any atom is 0.291 e. The van der Waals surface area contributed by atoms with Crippen molar-refractivity contribution in [3.63, 3.8) is 0 Å². The van der Waals surface area contributed by atoms with Gasteiger partial charge in [0.25, 0.3) is 17.5 Å². The van der Waals surface area contributed by atoms with Crippen molar-refractivity contribution in [3.05, 3.63) is 90.8 Å². The van der Waals surface area contributed by atoms with Gasteiger partial charge in [0, 0.05) is 35.2 Å². The number of benzene rings is 2. The van der Waals surface area contributed by atoms with E-state index in [4.69, 9.17) is 27.6 Å². The van der Waals surface area contributed by atoms with E-state index in [2.05, 4.69) is 15.8 Å². The van der Waals surface area contributed by atoms with Gasteiger partial charge in [0.2, 0.25) is 0 Å². The van der Waals surface area contributed by atoms with Crippen LogP contribution in [0.4, 0.5) is 11.4 Å². The third-order valence-electron chi connectivity index (χ3n) is 5.36. The molecule has 0 radical (unpaired) electrons. The topological polar surface area (TPSA) is 127 Å². The zero-order valence-electron chi connectivity index (χ0n) is 17.9. The van der Waals surface area contributed by atoms with Crippen LogP contribution in [0.25, 0.3) is 0 Å². The number of halogens is 2. The number of carbonyl (C=O) groups excluding carboxylic acids is 2. The van der Waals surface area contributed by atoms with Crippen LogP contribution in [0.5, 0.6) is 0 Å². The van der Waals surface area contributed by atoms with Crippen molar-refractivity contribution in [3.8, 4) is 0 Å². The van der Waals surface area contributed by atoms with Crippen molar-refractivity contribution in [2.75, 3.05) is 5.32 Å². The van der Waals surface area contributed by atoms with Gasteiger partial charge in [-0.05, 0) is 44.0 Å². The fourth-order valence-electron chi connectivity index (χ4n) is 3.69. The lowest BCUT2D eigenvalue weighted by atomic mass is 9.93. The lowest BCUT2D eigenvalue weighted by molar-refractivity contribution is -0.384. The molecule has 0 spiro atoms. The van der Waals surface area contributed by atoms with Crippen LogP contribution in [-0.4, -0.2) is 22.4 Å². The van der Waals surface area contributed by atoms with Crippen LogP contribution in [0.3, 0.4) is 0 Å². The van der Waals surface area contributed by atoms with E-state index >= 15 is 0 Å². The molecule has 0 unspecified atom stereocenters. The smallest absolute Gasteiger partial charge is 0.291 e. The number of hydrogen-bond donors (Lipinski definition) is 2. The van der Waals surface area contributed by atoms with E-state index in [1.807, 2.05) is 0 Å². The number of hydrazone groups is 1. The summed E-state index contributed by atoms with van der Waals surface area (Å²) >= 11 is 12.2. The standard InChI is InChI=1S/C23H18Cl2N4O5/c1-12-19-16(27-28-22(30)13-8-10-14(11-9-13)29(32)33)5-3-7-18(19)34-21(12)23(31)26-17-6-2-4-15(24)20(17)25/h2,4,6,8-11H,3,5,7H2,1H3,(H,26,31)(H,28,30)/b27-16+. The number of nitrogens with zero attached hydrogens (tertiary/aromatic N) is 2. The van der Waals surface area contributed by atoms with Crippen molar-refractivity contribution >= 4 is 52.1 Å². The summed E-state index contributed by atoms with van der Waals surface area (Å²) in [7, 11) is 0. The van der Waals surface area contributed by atoms with E-state index < -0.39 is 16.7 Å². The van der Waals surface area contributed by atoms with Crippen molar-refractivity contribution < 1.29 is 18.9 Å². The van der Waals surface area contributed by atoms with Crippen LogP contribution in [0, 0.1) is 17.0 Å². The SMILES string of the molecule is Cc1c(C(=O)Nc2cccc(Cl)c2Cl)oc2c1/C(=N/NC(=O)c1ccc([N+](=O)[O-])cc1)CCC2. The molecule has 2 amide bonds. The molecule has 0 bridgehead atoms. The molecule has 0 saturated carbocycles. The van der Waals surface area contributed by atoms with E-state index in [9.17, 15) is 19.7 Å². The van der Waals surface area contributed by atoms with E-state index in [0.29, 0.717) is 46.2 Å². The van der Waals surface area contributed by atoms with Crippen LogP contribution in [0.15, 0.2) is 52.0 Å². The fourth-order valence-corrected chi connectivity index (χ4v) is 4.04. The number of nitro benzene ring substituents is 1. The Morgan fingerprint density at radius 3 is 2.53 bits per heavy atom. The summed E-state index contributed by atoms with van der Waals surface area (Å²) in [5.74, 6) is -0.263. The molecule has 9 nitrogen and oxygen atoms in total. The number of nitro groups is 1. The Bertz CT molecular complexity index is 1330. The molecule has 1 aliphatic carbocycles. The largest absolute Gasteiger partial charge is 0.455 e. The molecule has 2 N–H and O–H groups in total. The highest BCUT2D eigenvalue weighted by atomic mass is 35.5. The molecular formula is C23H18Cl2N4O5. The lowest BCUT2D eigenvalue weighted by Gasteiger charge is -2.13. The van der Waals surface area contributed by atoms with Gasteiger partial charge in [-0.1, -0.05) is 29.3 Å². The third-order valence-corrected chi connectivity index (χ3v) is 6.18. The van der Waals surface area contributed by atoms with Crippen molar-refractivity contribution in [1.29, 1.82) is 0 Å². The number of rotatable bonds is 5. The van der Waals surface area contributed by atoms with Crippen LogP contribution < -0.4 is 10.7 Å². The molecule has 11 heteroatoms. The minimum absolute atomic E-state index is 0.112. The molecule has 0 aliphatic heterocycles. The minimum Gasteiger partial charge on any atom is -0.455 e.